The van der Waals surface area contributed by atoms with E-state index in [2.05, 4.69) is 19.8 Å². The summed E-state index contributed by atoms with van der Waals surface area (Å²) < 4.78 is 19.4. The molecule has 2 unspecified atom stereocenters. The van der Waals surface area contributed by atoms with Gasteiger partial charge >= 0.3 is 0 Å². The third-order valence-corrected chi connectivity index (χ3v) is 5.42. The van der Waals surface area contributed by atoms with Crippen LogP contribution in [-0.2, 0) is 0 Å². The highest BCUT2D eigenvalue weighted by Crippen LogP contribution is 2.27. The van der Waals surface area contributed by atoms with Gasteiger partial charge in [-0.15, -0.1) is 0 Å². The van der Waals surface area contributed by atoms with Crippen molar-refractivity contribution in [1.82, 2.24) is 14.9 Å². The summed E-state index contributed by atoms with van der Waals surface area (Å²) in [6.45, 7) is 6.33. The zero-order chi connectivity index (χ0) is 17.9. The highest BCUT2D eigenvalue weighted by molar-refractivity contribution is 5.32. The summed E-state index contributed by atoms with van der Waals surface area (Å²) in [6.07, 6.45) is 3.60. The van der Waals surface area contributed by atoms with Crippen LogP contribution in [0.1, 0.15) is 18.5 Å². The summed E-state index contributed by atoms with van der Waals surface area (Å²) >= 11 is 0. The number of hydrogen-bond acceptors (Lipinski definition) is 5. The summed E-state index contributed by atoms with van der Waals surface area (Å²) in [4.78, 5) is 13.2. The predicted octanol–water partition coefficient (Wildman–Crippen LogP) is 2.90. The second-order valence-corrected chi connectivity index (χ2v) is 7.27. The number of aromatic nitrogens is 2. The minimum atomic E-state index is -0.341. The summed E-state index contributed by atoms with van der Waals surface area (Å²) in [7, 11) is 0. The second kappa shape index (κ2) is 7.58. The first-order valence-electron chi connectivity index (χ1n) is 9.35. The Bertz CT molecular complexity index is 742. The van der Waals surface area contributed by atoms with Crippen LogP contribution in [0.3, 0.4) is 0 Å². The molecule has 0 amide bonds. The van der Waals surface area contributed by atoms with Crippen molar-refractivity contribution in [3.63, 3.8) is 0 Å². The van der Waals surface area contributed by atoms with Crippen LogP contribution in [0.4, 0.5) is 10.3 Å². The summed E-state index contributed by atoms with van der Waals surface area (Å²) in [6, 6.07) is 10.6. The maximum absolute atomic E-state index is 13.4. The quantitative estimate of drug-likeness (QED) is 0.843. The molecular formula is C20H25FN4O. The number of fused-ring (bicyclic) bond motifs is 1. The molecule has 0 N–H and O–H groups in total. The average Bonchev–Trinajstić information content (AvgIpc) is 2.69. The zero-order valence-corrected chi connectivity index (χ0v) is 15.1. The molecule has 6 heteroatoms. The Kier molecular flexibility index (Phi) is 5.02. The van der Waals surface area contributed by atoms with Crippen molar-refractivity contribution in [2.75, 3.05) is 37.7 Å². The molecular weight excluding hydrogens is 331 g/mol. The molecule has 138 valence electrons. The molecule has 0 spiro atoms. The highest BCUT2D eigenvalue weighted by Gasteiger charge is 2.33. The van der Waals surface area contributed by atoms with E-state index in [1.165, 1.54) is 12.6 Å². The molecule has 2 fully saturated rings. The monoisotopic (exact) mass is 356 g/mol. The average molecular weight is 356 g/mol. The Morgan fingerprint density at radius 1 is 1.15 bits per heavy atom. The molecule has 2 aliphatic heterocycles. The first-order valence-corrected chi connectivity index (χ1v) is 9.35. The van der Waals surface area contributed by atoms with Gasteiger partial charge in [0.1, 0.15) is 5.75 Å². The second-order valence-electron chi connectivity index (χ2n) is 7.27. The van der Waals surface area contributed by atoms with Gasteiger partial charge in [0.2, 0.25) is 5.95 Å². The maximum atomic E-state index is 13.4. The van der Waals surface area contributed by atoms with Crippen LogP contribution in [0.15, 0.2) is 36.5 Å². The van der Waals surface area contributed by atoms with E-state index in [1.807, 2.05) is 30.3 Å². The van der Waals surface area contributed by atoms with Gasteiger partial charge in [-0.25, -0.2) is 14.4 Å². The standard InChI is InChI=1S/C20H25FN4O/c1-15-19(21)11-22-20(23-15)25-10-9-24-12-16(7-8-17(24)13-25)14-26-18-5-3-2-4-6-18/h2-6,11,16-17H,7-10,12-14H2,1H3. The third kappa shape index (κ3) is 3.80. The summed E-state index contributed by atoms with van der Waals surface area (Å²) in [5, 5.41) is 0. The predicted molar refractivity (Wildman–Crippen MR) is 99.0 cm³/mol. The Morgan fingerprint density at radius 2 is 2.00 bits per heavy atom. The van der Waals surface area contributed by atoms with Crippen LogP contribution < -0.4 is 9.64 Å². The Morgan fingerprint density at radius 3 is 2.81 bits per heavy atom. The lowest BCUT2D eigenvalue weighted by atomic mass is 9.91. The van der Waals surface area contributed by atoms with Gasteiger partial charge in [-0.2, -0.15) is 0 Å². The lowest BCUT2D eigenvalue weighted by Crippen LogP contribution is -2.57. The maximum Gasteiger partial charge on any atom is 0.225 e. The number of nitrogens with zero attached hydrogens (tertiary/aromatic N) is 4. The number of para-hydroxylation sites is 1. The Hall–Kier alpha value is -2.21. The van der Waals surface area contributed by atoms with Crippen LogP contribution in [0, 0.1) is 18.7 Å². The third-order valence-electron chi connectivity index (χ3n) is 5.42. The van der Waals surface area contributed by atoms with E-state index < -0.39 is 0 Å². The van der Waals surface area contributed by atoms with Gasteiger partial charge in [0.25, 0.3) is 0 Å². The minimum absolute atomic E-state index is 0.341. The minimum Gasteiger partial charge on any atom is -0.493 e. The number of ether oxygens (including phenoxy) is 1. The van der Waals surface area contributed by atoms with Crippen LogP contribution in [0.25, 0.3) is 0 Å². The first-order chi connectivity index (χ1) is 12.7. The van der Waals surface area contributed by atoms with E-state index in [1.54, 1.807) is 6.92 Å². The lowest BCUT2D eigenvalue weighted by Gasteiger charge is -2.46. The fraction of sp³-hybridized carbons (Fsp3) is 0.500. The van der Waals surface area contributed by atoms with Gasteiger partial charge < -0.3 is 9.64 Å². The molecule has 26 heavy (non-hydrogen) atoms. The molecule has 2 aromatic rings. The molecule has 1 aromatic heterocycles. The lowest BCUT2D eigenvalue weighted by molar-refractivity contribution is 0.0725. The Balaban J connectivity index is 1.31. The molecule has 3 heterocycles. The smallest absolute Gasteiger partial charge is 0.225 e. The number of hydrogen-bond donors (Lipinski definition) is 0. The first kappa shape index (κ1) is 17.2. The molecule has 0 radical (unpaired) electrons. The summed E-state index contributed by atoms with van der Waals surface area (Å²) in [5.41, 5.74) is 0.416. The van der Waals surface area contributed by atoms with Gasteiger partial charge in [-0.1, -0.05) is 18.2 Å². The zero-order valence-electron chi connectivity index (χ0n) is 15.1. The number of benzene rings is 1. The topological polar surface area (TPSA) is 41.5 Å². The van der Waals surface area contributed by atoms with Crippen molar-refractivity contribution < 1.29 is 9.13 Å². The number of rotatable bonds is 4. The highest BCUT2D eigenvalue weighted by atomic mass is 19.1. The molecule has 1 aromatic carbocycles. The van der Waals surface area contributed by atoms with Crippen molar-refractivity contribution in [3.05, 3.63) is 48.0 Å². The van der Waals surface area contributed by atoms with Crippen LogP contribution in [0.5, 0.6) is 5.75 Å². The van der Waals surface area contributed by atoms with Crippen LogP contribution >= 0.6 is 0 Å². The van der Waals surface area contributed by atoms with Gasteiger partial charge in [0.15, 0.2) is 5.82 Å². The Labute approximate surface area is 153 Å². The van der Waals surface area contributed by atoms with E-state index >= 15 is 0 Å². The molecule has 0 saturated carbocycles. The van der Waals surface area contributed by atoms with Gasteiger partial charge in [0, 0.05) is 38.1 Å². The van der Waals surface area contributed by atoms with Crippen molar-refractivity contribution in [1.29, 1.82) is 0 Å². The van der Waals surface area contributed by atoms with E-state index in [0.717, 1.165) is 45.0 Å². The molecule has 2 aliphatic rings. The van der Waals surface area contributed by atoms with E-state index in [4.69, 9.17) is 4.74 Å². The van der Waals surface area contributed by atoms with Gasteiger partial charge in [0.05, 0.1) is 18.5 Å². The fourth-order valence-corrected chi connectivity index (χ4v) is 3.90. The molecule has 2 saturated heterocycles. The van der Waals surface area contributed by atoms with Crippen molar-refractivity contribution in [2.24, 2.45) is 5.92 Å². The molecule has 4 rings (SSSR count). The number of piperidine rings is 1. The van der Waals surface area contributed by atoms with Crippen molar-refractivity contribution in [3.8, 4) is 5.75 Å². The number of halogens is 1. The largest absolute Gasteiger partial charge is 0.493 e. The van der Waals surface area contributed by atoms with E-state index in [0.29, 0.717) is 23.6 Å². The molecule has 5 nitrogen and oxygen atoms in total. The van der Waals surface area contributed by atoms with E-state index in [-0.39, 0.29) is 5.82 Å². The van der Waals surface area contributed by atoms with Gasteiger partial charge in [-0.05, 0) is 31.9 Å². The normalized spacial score (nSPS) is 23.5. The van der Waals surface area contributed by atoms with E-state index in [9.17, 15) is 4.39 Å². The fourth-order valence-electron chi connectivity index (χ4n) is 3.90. The molecule has 0 bridgehead atoms. The molecule has 0 aliphatic carbocycles. The number of piperazine rings is 1. The van der Waals surface area contributed by atoms with Crippen molar-refractivity contribution >= 4 is 5.95 Å². The van der Waals surface area contributed by atoms with Crippen molar-refractivity contribution in [2.45, 2.75) is 25.8 Å². The van der Waals surface area contributed by atoms with Crippen LogP contribution in [-0.4, -0.2) is 53.7 Å². The number of anilines is 1. The SMILES string of the molecule is Cc1nc(N2CCN3CC(COc4ccccc4)CCC3C2)ncc1F. The summed E-state index contributed by atoms with van der Waals surface area (Å²) in [5.74, 6) is 1.83. The molecule has 2 atom stereocenters. The van der Waals surface area contributed by atoms with Crippen LogP contribution in [0.2, 0.25) is 0 Å². The number of aryl methyl sites for hydroxylation is 1. The van der Waals surface area contributed by atoms with Gasteiger partial charge in [-0.3, -0.25) is 4.90 Å².